The fourth-order valence-electron chi connectivity index (χ4n) is 3.12. The number of thiophene rings is 1. The first-order valence-electron chi connectivity index (χ1n) is 8.53. The van der Waals surface area contributed by atoms with E-state index in [9.17, 15) is 0 Å². The molecule has 1 aliphatic rings. The third-order valence-electron chi connectivity index (χ3n) is 4.60. The van der Waals surface area contributed by atoms with Crippen molar-refractivity contribution in [1.82, 2.24) is 25.0 Å². The lowest BCUT2D eigenvalue weighted by Gasteiger charge is -2.32. The summed E-state index contributed by atoms with van der Waals surface area (Å²) in [5.41, 5.74) is 8.99. The third kappa shape index (κ3) is 3.60. The summed E-state index contributed by atoms with van der Waals surface area (Å²) in [6, 6.07) is 5.96. The maximum absolute atomic E-state index is 6.00. The van der Waals surface area contributed by atoms with Crippen LogP contribution in [0.15, 0.2) is 24.4 Å². The van der Waals surface area contributed by atoms with Crippen molar-refractivity contribution < 1.29 is 0 Å². The van der Waals surface area contributed by atoms with Gasteiger partial charge in [0.15, 0.2) is 0 Å². The number of aromatic amines is 1. The van der Waals surface area contributed by atoms with Gasteiger partial charge in [-0.15, -0.1) is 11.3 Å². The number of hydrogen-bond acceptors (Lipinski definition) is 7. The van der Waals surface area contributed by atoms with Gasteiger partial charge >= 0.3 is 0 Å². The number of H-pyrrole nitrogens is 1. The van der Waals surface area contributed by atoms with Gasteiger partial charge in [-0.3, -0.25) is 10.00 Å². The first kappa shape index (κ1) is 16.3. The number of nitrogens with two attached hydrogens (primary N) is 1. The molecule has 132 valence electrons. The molecular weight excluding hydrogens is 334 g/mol. The zero-order valence-corrected chi connectivity index (χ0v) is 15.1. The van der Waals surface area contributed by atoms with Crippen molar-refractivity contribution in [3.8, 4) is 10.6 Å². The largest absolute Gasteiger partial charge is 0.384 e. The molecule has 0 unspecified atom stereocenters. The van der Waals surface area contributed by atoms with E-state index >= 15 is 0 Å². The Hall–Kier alpha value is -2.16. The van der Waals surface area contributed by atoms with Crippen LogP contribution in [0.25, 0.3) is 20.8 Å². The summed E-state index contributed by atoms with van der Waals surface area (Å²) >= 11 is 1.70. The number of likely N-dealkylation sites (N-methyl/N-ethyl adjacent to an activating group) is 1. The van der Waals surface area contributed by atoms with Crippen molar-refractivity contribution in [3.63, 3.8) is 0 Å². The molecule has 25 heavy (non-hydrogen) atoms. The summed E-state index contributed by atoms with van der Waals surface area (Å²) in [7, 11) is 2.18. The Bertz CT molecular complexity index is 834. The monoisotopic (exact) mass is 357 g/mol. The number of nitrogens with one attached hydrogen (secondary N) is 2. The van der Waals surface area contributed by atoms with E-state index in [0.29, 0.717) is 5.82 Å². The first-order valence-corrected chi connectivity index (χ1v) is 9.35. The average Bonchev–Trinajstić information content (AvgIpc) is 3.25. The van der Waals surface area contributed by atoms with Crippen LogP contribution in [0.3, 0.4) is 0 Å². The zero-order valence-electron chi connectivity index (χ0n) is 14.3. The van der Waals surface area contributed by atoms with E-state index in [1.54, 1.807) is 17.5 Å². The van der Waals surface area contributed by atoms with Crippen LogP contribution in [0.5, 0.6) is 0 Å². The lowest BCUT2D eigenvalue weighted by atomic mass is 10.3. The smallest absolute Gasteiger partial charge is 0.126 e. The molecule has 0 aliphatic carbocycles. The highest BCUT2D eigenvalue weighted by Crippen LogP contribution is 2.36. The molecule has 4 heterocycles. The Labute approximate surface area is 150 Å². The minimum atomic E-state index is 0.545. The van der Waals surface area contributed by atoms with Crippen molar-refractivity contribution in [1.29, 1.82) is 0 Å². The minimum absolute atomic E-state index is 0.545. The maximum atomic E-state index is 6.00. The van der Waals surface area contributed by atoms with Gasteiger partial charge in [-0.2, -0.15) is 5.10 Å². The van der Waals surface area contributed by atoms with Crippen LogP contribution < -0.4 is 11.1 Å². The molecule has 1 fully saturated rings. The number of fused-ring (bicyclic) bond motifs is 1. The van der Waals surface area contributed by atoms with E-state index in [1.807, 2.05) is 12.1 Å². The van der Waals surface area contributed by atoms with Crippen LogP contribution in [0.1, 0.15) is 0 Å². The van der Waals surface area contributed by atoms with Crippen LogP contribution >= 0.6 is 11.3 Å². The molecule has 7 nitrogen and oxygen atoms in total. The molecule has 0 bridgehead atoms. The molecule has 4 rings (SSSR count). The molecule has 1 saturated heterocycles. The second-order valence-corrected chi connectivity index (χ2v) is 7.51. The van der Waals surface area contributed by atoms with Gasteiger partial charge in [0.25, 0.3) is 0 Å². The van der Waals surface area contributed by atoms with Gasteiger partial charge < -0.3 is 16.0 Å². The van der Waals surface area contributed by atoms with Gasteiger partial charge in [0, 0.05) is 51.5 Å². The highest BCUT2D eigenvalue weighted by atomic mass is 32.1. The molecule has 0 saturated carbocycles. The quantitative estimate of drug-likeness (QED) is 0.647. The molecule has 0 amide bonds. The minimum Gasteiger partial charge on any atom is -0.384 e. The molecular formula is C17H23N7S. The Morgan fingerprint density at radius 1 is 1.28 bits per heavy atom. The topological polar surface area (TPSA) is 86.1 Å². The number of hydrogen-bond donors (Lipinski definition) is 3. The zero-order chi connectivity index (χ0) is 17.2. The Balaban J connectivity index is 1.49. The van der Waals surface area contributed by atoms with Crippen LogP contribution in [0.4, 0.5) is 11.5 Å². The summed E-state index contributed by atoms with van der Waals surface area (Å²) in [6.07, 6.45) is 1.76. The molecule has 4 N–H and O–H groups in total. The van der Waals surface area contributed by atoms with Crippen molar-refractivity contribution in [3.05, 3.63) is 24.4 Å². The molecule has 3 aromatic rings. The van der Waals surface area contributed by atoms with E-state index in [2.05, 4.69) is 43.4 Å². The lowest BCUT2D eigenvalue weighted by Crippen LogP contribution is -2.45. The predicted molar refractivity (Wildman–Crippen MR) is 104 cm³/mol. The molecule has 1 aliphatic heterocycles. The first-order chi connectivity index (χ1) is 12.2. The van der Waals surface area contributed by atoms with Crippen LogP contribution in [-0.4, -0.2) is 71.3 Å². The van der Waals surface area contributed by atoms with E-state index in [1.165, 1.54) is 0 Å². The lowest BCUT2D eigenvalue weighted by molar-refractivity contribution is 0.158. The third-order valence-corrected chi connectivity index (χ3v) is 5.80. The molecule has 3 aromatic heterocycles. The summed E-state index contributed by atoms with van der Waals surface area (Å²) < 4.78 is 1.14. The van der Waals surface area contributed by atoms with Gasteiger partial charge in [-0.05, 0) is 19.2 Å². The second-order valence-electron chi connectivity index (χ2n) is 6.46. The van der Waals surface area contributed by atoms with E-state index in [0.717, 1.165) is 65.7 Å². The fourth-order valence-corrected chi connectivity index (χ4v) is 4.18. The molecule has 0 radical (unpaired) electrons. The van der Waals surface area contributed by atoms with Crippen molar-refractivity contribution in [2.45, 2.75) is 0 Å². The highest BCUT2D eigenvalue weighted by molar-refractivity contribution is 7.22. The van der Waals surface area contributed by atoms with Crippen LogP contribution in [0.2, 0.25) is 0 Å². The number of rotatable bonds is 5. The standard InChI is InChI=1S/C17H23N7S/c1-23-6-8-24(9-7-23)5-4-19-13-11-16(18)21-14-10-15(25-17(13)14)12-2-3-20-22-12/h2-3,10-11H,4-9H2,1H3,(H,20,22)(H3,18,19,21). The maximum Gasteiger partial charge on any atom is 0.126 e. The number of nitrogen functional groups attached to an aromatic ring is 1. The van der Waals surface area contributed by atoms with Gasteiger partial charge in [0.2, 0.25) is 0 Å². The van der Waals surface area contributed by atoms with Gasteiger partial charge in [0.1, 0.15) is 5.82 Å². The average molecular weight is 357 g/mol. The van der Waals surface area contributed by atoms with Crippen molar-refractivity contribution >= 4 is 33.1 Å². The van der Waals surface area contributed by atoms with E-state index in [-0.39, 0.29) is 0 Å². The van der Waals surface area contributed by atoms with Crippen LogP contribution in [0, 0.1) is 0 Å². The molecule has 8 heteroatoms. The Kier molecular flexibility index (Phi) is 4.56. The highest BCUT2D eigenvalue weighted by Gasteiger charge is 2.14. The predicted octanol–water partition coefficient (Wildman–Crippen LogP) is 1.93. The number of pyridine rings is 1. The normalized spacial score (nSPS) is 16.5. The molecule has 0 atom stereocenters. The van der Waals surface area contributed by atoms with Crippen molar-refractivity contribution in [2.24, 2.45) is 0 Å². The van der Waals surface area contributed by atoms with Crippen LogP contribution in [-0.2, 0) is 0 Å². The summed E-state index contributed by atoms with van der Waals surface area (Å²) in [6.45, 7) is 6.50. The Morgan fingerprint density at radius 2 is 2.12 bits per heavy atom. The van der Waals surface area contributed by atoms with Gasteiger partial charge in [-0.25, -0.2) is 4.98 Å². The summed E-state index contributed by atoms with van der Waals surface area (Å²) in [4.78, 5) is 10.5. The number of aromatic nitrogens is 3. The second kappa shape index (κ2) is 6.99. The van der Waals surface area contributed by atoms with Gasteiger partial charge in [-0.1, -0.05) is 0 Å². The van der Waals surface area contributed by atoms with E-state index < -0.39 is 0 Å². The van der Waals surface area contributed by atoms with Crippen molar-refractivity contribution in [2.75, 3.05) is 57.4 Å². The molecule has 0 aromatic carbocycles. The number of piperazine rings is 1. The Morgan fingerprint density at radius 3 is 2.88 bits per heavy atom. The summed E-state index contributed by atoms with van der Waals surface area (Å²) in [5, 5.41) is 10.6. The number of nitrogens with zero attached hydrogens (tertiary/aromatic N) is 4. The van der Waals surface area contributed by atoms with E-state index in [4.69, 9.17) is 5.73 Å². The summed E-state index contributed by atoms with van der Waals surface area (Å²) in [5.74, 6) is 0.545. The van der Waals surface area contributed by atoms with Gasteiger partial charge in [0.05, 0.1) is 26.5 Å². The molecule has 0 spiro atoms. The number of anilines is 2. The fraction of sp³-hybridized carbons (Fsp3) is 0.412. The SMILES string of the molecule is CN1CCN(CCNc2cc(N)nc3cc(-c4ccn[nH]4)sc23)CC1.